The maximum absolute atomic E-state index is 13.4. The molecule has 1 saturated carbocycles. The number of carbonyl (C=O) groups is 1. The monoisotopic (exact) mass is 454 g/mol. The minimum absolute atomic E-state index is 0.0268. The second kappa shape index (κ2) is 10.8. The van der Waals surface area contributed by atoms with Gasteiger partial charge in [0.05, 0.1) is 53.8 Å². The third-order valence-electron chi connectivity index (χ3n) is 5.62. The van der Waals surface area contributed by atoms with Gasteiger partial charge in [-0.2, -0.15) is 0 Å². The standard InChI is InChI=1S/C26H30O7/c1-28-18-12-22(30-3)20(23(13-18)31-4)10-16-8-7-9-17(26(16)27)11-21-24(32-5)14-19(29-2)15-25(21)33-6/h10-15H,7-9H2,1-6H3/b16-10+,17-11+. The van der Waals surface area contributed by atoms with Gasteiger partial charge in [-0.15, -0.1) is 0 Å². The molecule has 0 aliphatic heterocycles. The third-order valence-corrected chi connectivity index (χ3v) is 5.62. The van der Waals surface area contributed by atoms with Crippen molar-refractivity contribution in [1.29, 1.82) is 0 Å². The molecule has 0 bridgehead atoms. The topological polar surface area (TPSA) is 72.5 Å². The van der Waals surface area contributed by atoms with E-state index < -0.39 is 0 Å². The van der Waals surface area contributed by atoms with Crippen LogP contribution < -0.4 is 28.4 Å². The van der Waals surface area contributed by atoms with E-state index >= 15 is 0 Å². The molecule has 7 heteroatoms. The second-order valence-corrected chi connectivity index (χ2v) is 7.41. The quantitative estimate of drug-likeness (QED) is 0.522. The summed E-state index contributed by atoms with van der Waals surface area (Å²) in [7, 11) is 9.46. The molecule has 0 radical (unpaired) electrons. The molecular weight excluding hydrogens is 424 g/mol. The van der Waals surface area contributed by atoms with E-state index in [4.69, 9.17) is 28.4 Å². The van der Waals surface area contributed by atoms with Crippen molar-refractivity contribution >= 4 is 17.9 Å². The van der Waals surface area contributed by atoms with Crippen molar-refractivity contribution in [1.82, 2.24) is 0 Å². The molecule has 2 aromatic rings. The van der Waals surface area contributed by atoms with Crippen LogP contribution in [0.2, 0.25) is 0 Å². The highest BCUT2D eigenvalue weighted by Gasteiger charge is 2.24. The lowest BCUT2D eigenvalue weighted by atomic mass is 9.86. The first-order valence-corrected chi connectivity index (χ1v) is 10.5. The highest BCUT2D eigenvalue weighted by Crippen LogP contribution is 2.40. The summed E-state index contributed by atoms with van der Waals surface area (Å²) >= 11 is 0. The second-order valence-electron chi connectivity index (χ2n) is 7.41. The zero-order valence-corrected chi connectivity index (χ0v) is 19.9. The van der Waals surface area contributed by atoms with Crippen LogP contribution in [0.3, 0.4) is 0 Å². The fourth-order valence-electron chi connectivity index (χ4n) is 3.88. The number of allylic oxidation sites excluding steroid dienone is 2. The average Bonchev–Trinajstić information content (AvgIpc) is 2.85. The number of hydrogen-bond donors (Lipinski definition) is 0. The predicted octanol–water partition coefficient (Wildman–Crippen LogP) is 4.96. The SMILES string of the molecule is COc1cc(OC)c(/C=C2\CCC/C(=C\c3c(OC)cc(OC)cc3OC)C2=O)c(OC)c1. The van der Waals surface area contributed by atoms with Crippen molar-refractivity contribution in [3.05, 3.63) is 46.5 Å². The maximum atomic E-state index is 13.4. The third kappa shape index (κ3) is 5.08. The van der Waals surface area contributed by atoms with Crippen LogP contribution in [0.15, 0.2) is 35.4 Å². The van der Waals surface area contributed by atoms with Crippen LogP contribution >= 0.6 is 0 Å². The van der Waals surface area contributed by atoms with Gasteiger partial charge in [-0.05, 0) is 31.4 Å². The lowest BCUT2D eigenvalue weighted by Crippen LogP contribution is -2.12. The fraction of sp³-hybridized carbons (Fsp3) is 0.346. The lowest BCUT2D eigenvalue weighted by Gasteiger charge is -2.19. The Bertz CT molecular complexity index is 949. The molecular formula is C26H30O7. The van der Waals surface area contributed by atoms with E-state index in [2.05, 4.69) is 0 Å². The van der Waals surface area contributed by atoms with Crippen molar-refractivity contribution < 1.29 is 33.2 Å². The molecule has 0 heterocycles. The average molecular weight is 455 g/mol. The van der Waals surface area contributed by atoms with Crippen molar-refractivity contribution in [2.75, 3.05) is 42.7 Å². The molecule has 7 nitrogen and oxygen atoms in total. The maximum Gasteiger partial charge on any atom is 0.185 e. The molecule has 33 heavy (non-hydrogen) atoms. The van der Waals surface area contributed by atoms with Crippen LogP contribution in [-0.4, -0.2) is 48.4 Å². The summed E-state index contributed by atoms with van der Waals surface area (Å²) in [5.74, 6) is 3.48. The predicted molar refractivity (Wildman–Crippen MR) is 127 cm³/mol. The molecule has 1 aliphatic rings. The van der Waals surface area contributed by atoms with E-state index in [9.17, 15) is 4.79 Å². The Morgan fingerprint density at radius 1 is 0.576 bits per heavy atom. The minimum atomic E-state index is -0.0268. The Hall–Kier alpha value is -3.61. The first kappa shape index (κ1) is 24.0. The fourth-order valence-corrected chi connectivity index (χ4v) is 3.88. The van der Waals surface area contributed by atoms with Gasteiger partial charge in [0.2, 0.25) is 0 Å². The summed E-state index contributed by atoms with van der Waals surface area (Å²) in [6, 6.07) is 7.08. The first-order valence-electron chi connectivity index (χ1n) is 10.5. The number of hydrogen-bond acceptors (Lipinski definition) is 7. The van der Waals surface area contributed by atoms with Gasteiger partial charge < -0.3 is 28.4 Å². The first-order chi connectivity index (χ1) is 16.0. The van der Waals surface area contributed by atoms with Crippen LogP contribution in [0.1, 0.15) is 30.4 Å². The number of rotatable bonds is 8. The summed E-state index contributed by atoms with van der Waals surface area (Å²) in [6.07, 6.45) is 5.84. The van der Waals surface area contributed by atoms with Crippen molar-refractivity contribution in [2.24, 2.45) is 0 Å². The molecule has 3 rings (SSSR count). The van der Waals surface area contributed by atoms with Crippen LogP contribution in [0.25, 0.3) is 12.2 Å². The Balaban J connectivity index is 2.06. The zero-order valence-electron chi connectivity index (χ0n) is 19.9. The molecule has 0 saturated heterocycles. The summed E-state index contributed by atoms with van der Waals surface area (Å²) in [5, 5.41) is 0. The van der Waals surface area contributed by atoms with E-state index in [1.165, 1.54) is 0 Å². The molecule has 0 atom stereocenters. The summed E-state index contributed by atoms with van der Waals surface area (Å²) in [6.45, 7) is 0. The number of ketones is 1. The number of carbonyl (C=O) groups excluding carboxylic acids is 1. The van der Waals surface area contributed by atoms with Crippen molar-refractivity contribution in [3.63, 3.8) is 0 Å². The van der Waals surface area contributed by atoms with E-state index in [0.29, 0.717) is 69.6 Å². The summed E-state index contributed by atoms with van der Waals surface area (Å²) in [4.78, 5) is 13.4. The lowest BCUT2D eigenvalue weighted by molar-refractivity contribution is -0.112. The Labute approximate surface area is 194 Å². The molecule has 176 valence electrons. The molecule has 0 aromatic heterocycles. The van der Waals surface area contributed by atoms with Gasteiger partial charge >= 0.3 is 0 Å². The van der Waals surface area contributed by atoms with Crippen molar-refractivity contribution in [3.8, 4) is 34.5 Å². The molecule has 0 amide bonds. The molecule has 0 spiro atoms. The van der Waals surface area contributed by atoms with Gasteiger partial charge in [0, 0.05) is 35.4 Å². The molecule has 0 N–H and O–H groups in total. The normalized spacial score (nSPS) is 16.0. The van der Waals surface area contributed by atoms with Gasteiger partial charge in [-0.25, -0.2) is 0 Å². The highest BCUT2D eigenvalue weighted by molar-refractivity contribution is 6.14. The highest BCUT2D eigenvalue weighted by atomic mass is 16.5. The molecule has 1 fully saturated rings. The summed E-state index contributed by atoms with van der Waals surface area (Å²) in [5.41, 5.74) is 2.76. The Morgan fingerprint density at radius 3 is 1.18 bits per heavy atom. The Morgan fingerprint density at radius 2 is 0.909 bits per heavy atom. The summed E-state index contributed by atoms with van der Waals surface area (Å²) < 4.78 is 32.8. The van der Waals surface area contributed by atoms with Crippen LogP contribution in [0, 0.1) is 0 Å². The smallest absolute Gasteiger partial charge is 0.185 e. The van der Waals surface area contributed by atoms with Gasteiger partial charge in [-0.1, -0.05) is 0 Å². The van der Waals surface area contributed by atoms with Crippen LogP contribution in [0.5, 0.6) is 34.5 Å². The van der Waals surface area contributed by atoms with Crippen LogP contribution in [0.4, 0.5) is 0 Å². The van der Waals surface area contributed by atoms with Crippen LogP contribution in [-0.2, 0) is 4.79 Å². The number of ether oxygens (including phenoxy) is 6. The number of Topliss-reactive ketones (excluding diaryl/α,β-unsaturated/α-hetero) is 1. The Kier molecular flexibility index (Phi) is 7.87. The van der Waals surface area contributed by atoms with Crippen molar-refractivity contribution in [2.45, 2.75) is 19.3 Å². The van der Waals surface area contributed by atoms with Gasteiger partial charge in [0.1, 0.15) is 34.5 Å². The zero-order chi connectivity index (χ0) is 24.0. The van der Waals surface area contributed by atoms with E-state index in [-0.39, 0.29) is 5.78 Å². The minimum Gasteiger partial charge on any atom is -0.496 e. The number of methoxy groups -OCH3 is 6. The molecule has 1 aliphatic carbocycles. The van der Waals surface area contributed by atoms with E-state index in [0.717, 1.165) is 6.42 Å². The van der Waals surface area contributed by atoms with E-state index in [1.54, 1.807) is 66.9 Å². The van der Waals surface area contributed by atoms with Gasteiger partial charge in [0.15, 0.2) is 5.78 Å². The largest absolute Gasteiger partial charge is 0.496 e. The molecule has 2 aromatic carbocycles. The van der Waals surface area contributed by atoms with Gasteiger partial charge in [0.25, 0.3) is 0 Å². The van der Waals surface area contributed by atoms with E-state index in [1.807, 2.05) is 12.2 Å². The number of benzene rings is 2. The molecule has 0 unspecified atom stereocenters. The van der Waals surface area contributed by atoms with Gasteiger partial charge in [-0.3, -0.25) is 4.79 Å².